The molecular formula is C22H27N3O4. The molecule has 29 heavy (non-hydrogen) atoms. The first-order valence-electron chi connectivity index (χ1n) is 10.2. The zero-order valence-corrected chi connectivity index (χ0v) is 16.9. The fourth-order valence-corrected chi connectivity index (χ4v) is 4.59. The molecule has 7 nitrogen and oxygen atoms in total. The van der Waals surface area contributed by atoms with Crippen molar-refractivity contribution in [3.05, 3.63) is 47.3 Å². The van der Waals surface area contributed by atoms with Crippen molar-refractivity contribution in [1.82, 2.24) is 14.7 Å². The third kappa shape index (κ3) is 3.92. The molecule has 1 unspecified atom stereocenters. The Kier molecular flexibility index (Phi) is 5.41. The number of piperidine rings is 1. The number of benzene rings is 1. The minimum atomic E-state index is -0.770. The number of amides is 1. The number of carboxylic acids is 1. The van der Waals surface area contributed by atoms with Gasteiger partial charge in [-0.3, -0.25) is 9.59 Å². The molecule has 0 saturated carbocycles. The van der Waals surface area contributed by atoms with Crippen LogP contribution in [0, 0.1) is 25.7 Å². The number of aliphatic carboxylic acids is 1. The lowest BCUT2D eigenvalue weighted by Gasteiger charge is -2.35. The quantitative estimate of drug-likeness (QED) is 0.858. The second-order valence-corrected chi connectivity index (χ2v) is 8.08. The Morgan fingerprint density at radius 1 is 1.10 bits per heavy atom. The van der Waals surface area contributed by atoms with Gasteiger partial charge in [-0.2, -0.15) is 5.10 Å². The summed E-state index contributed by atoms with van der Waals surface area (Å²) in [5.74, 6) is -0.959. The predicted octanol–water partition coefficient (Wildman–Crippen LogP) is 2.83. The molecule has 154 valence electrons. The first-order valence-corrected chi connectivity index (χ1v) is 10.2. The minimum Gasteiger partial charge on any atom is -0.481 e. The molecule has 1 aromatic heterocycles. The summed E-state index contributed by atoms with van der Waals surface area (Å²) in [5.41, 5.74) is 3.61. The lowest BCUT2D eigenvalue weighted by Crippen LogP contribution is -2.43. The first kappa shape index (κ1) is 19.6. The number of likely N-dealkylation sites (tertiary alicyclic amines) is 1. The van der Waals surface area contributed by atoms with Gasteiger partial charge in [0.05, 0.1) is 23.4 Å². The number of hydrogen-bond acceptors (Lipinski definition) is 4. The van der Waals surface area contributed by atoms with Crippen LogP contribution in [0.1, 0.15) is 41.0 Å². The standard InChI is InChI=1S/C22H27N3O4/c1-14-13-15(2)25(23-14)18-5-3-17(4-6-18)21(26)24-10-7-16(8-11-24)20-19(22(27)28)9-12-29-20/h3-6,13,16,19-20H,7-12H2,1-2H3,(H,27,28)/t19?,20-/m0/s1. The van der Waals surface area contributed by atoms with Crippen LogP contribution in [0.3, 0.4) is 0 Å². The highest BCUT2D eigenvalue weighted by molar-refractivity contribution is 5.94. The number of nitrogens with zero attached hydrogens (tertiary/aromatic N) is 3. The van der Waals surface area contributed by atoms with Crippen molar-refractivity contribution >= 4 is 11.9 Å². The van der Waals surface area contributed by atoms with E-state index in [1.807, 2.05) is 53.8 Å². The van der Waals surface area contributed by atoms with Crippen LogP contribution in [0.2, 0.25) is 0 Å². The highest BCUT2D eigenvalue weighted by atomic mass is 16.5. The van der Waals surface area contributed by atoms with Crippen LogP contribution >= 0.6 is 0 Å². The molecule has 0 radical (unpaired) electrons. The number of aryl methyl sites for hydroxylation is 2. The molecule has 1 N–H and O–H groups in total. The molecular weight excluding hydrogens is 370 g/mol. The Balaban J connectivity index is 1.38. The number of rotatable bonds is 4. The molecule has 0 bridgehead atoms. The van der Waals surface area contributed by atoms with E-state index in [1.54, 1.807) is 0 Å². The van der Waals surface area contributed by atoms with Gasteiger partial charge in [0, 0.05) is 31.0 Å². The Morgan fingerprint density at radius 2 is 1.79 bits per heavy atom. The van der Waals surface area contributed by atoms with E-state index >= 15 is 0 Å². The largest absolute Gasteiger partial charge is 0.481 e. The molecule has 1 aromatic carbocycles. The summed E-state index contributed by atoms with van der Waals surface area (Å²) in [5, 5.41) is 13.9. The van der Waals surface area contributed by atoms with E-state index in [2.05, 4.69) is 5.10 Å². The molecule has 2 aliphatic heterocycles. The van der Waals surface area contributed by atoms with Crippen molar-refractivity contribution in [3.8, 4) is 5.69 Å². The molecule has 2 atom stereocenters. The number of carbonyl (C=O) groups excluding carboxylic acids is 1. The van der Waals surface area contributed by atoms with E-state index in [0.717, 1.165) is 29.9 Å². The average Bonchev–Trinajstić information content (AvgIpc) is 3.34. The number of carbonyl (C=O) groups is 2. The van der Waals surface area contributed by atoms with Gasteiger partial charge < -0.3 is 14.7 Å². The first-order chi connectivity index (χ1) is 13.9. The second-order valence-electron chi connectivity index (χ2n) is 8.08. The summed E-state index contributed by atoms with van der Waals surface area (Å²) in [6, 6.07) is 9.56. The molecule has 7 heteroatoms. The van der Waals surface area contributed by atoms with E-state index in [9.17, 15) is 14.7 Å². The summed E-state index contributed by atoms with van der Waals surface area (Å²) in [7, 11) is 0. The monoisotopic (exact) mass is 397 g/mol. The van der Waals surface area contributed by atoms with E-state index in [1.165, 1.54) is 0 Å². The van der Waals surface area contributed by atoms with Crippen LogP contribution in [0.4, 0.5) is 0 Å². The number of carboxylic acid groups (broad SMARTS) is 1. The third-order valence-electron chi connectivity index (χ3n) is 6.11. The molecule has 0 spiro atoms. The molecule has 0 aliphatic carbocycles. The van der Waals surface area contributed by atoms with Gasteiger partial charge in [0.2, 0.25) is 0 Å². The summed E-state index contributed by atoms with van der Waals surface area (Å²) in [6.07, 6.45) is 1.93. The van der Waals surface area contributed by atoms with Gasteiger partial charge in [-0.1, -0.05) is 0 Å². The van der Waals surface area contributed by atoms with Gasteiger partial charge in [0.15, 0.2) is 0 Å². The normalized spacial score (nSPS) is 22.8. The average molecular weight is 397 g/mol. The van der Waals surface area contributed by atoms with Crippen molar-refractivity contribution in [2.45, 2.75) is 39.2 Å². The lowest BCUT2D eigenvalue weighted by molar-refractivity contribution is -0.145. The zero-order valence-electron chi connectivity index (χ0n) is 16.9. The van der Waals surface area contributed by atoms with Gasteiger partial charge in [0.25, 0.3) is 5.91 Å². The van der Waals surface area contributed by atoms with Crippen molar-refractivity contribution in [1.29, 1.82) is 0 Å². The smallest absolute Gasteiger partial charge is 0.309 e. The number of hydrogen-bond donors (Lipinski definition) is 1. The van der Waals surface area contributed by atoms with Crippen molar-refractivity contribution in [3.63, 3.8) is 0 Å². The summed E-state index contributed by atoms with van der Waals surface area (Å²) in [4.78, 5) is 26.2. The van der Waals surface area contributed by atoms with Crippen LogP contribution in [-0.4, -0.2) is 57.5 Å². The highest BCUT2D eigenvalue weighted by Crippen LogP contribution is 2.33. The van der Waals surface area contributed by atoms with E-state index in [-0.39, 0.29) is 17.9 Å². The fourth-order valence-electron chi connectivity index (χ4n) is 4.59. The van der Waals surface area contributed by atoms with Crippen molar-refractivity contribution < 1.29 is 19.4 Å². The maximum atomic E-state index is 12.9. The minimum absolute atomic E-state index is 0.0190. The van der Waals surface area contributed by atoms with Crippen LogP contribution in [0.25, 0.3) is 5.69 Å². The Hall–Kier alpha value is -2.67. The Bertz CT molecular complexity index is 897. The summed E-state index contributed by atoms with van der Waals surface area (Å²) < 4.78 is 7.59. The maximum Gasteiger partial charge on any atom is 0.309 e. The molecule has 2 fully saturated rings. The topological polar surface area (TPSA) is 84.7 Å². The summed E-state index contributed by atoms with van der Waals surface area (Å²) in [6.45, 7) is 5.75. The second kappa shape index (κ2) is 7.99. The van der Waals surface area contributed by atoms with Crippen LogP contribution in [-0.2, 0) is 9.53 Å². The van der Waals surface area contributed by atoms with E-state index < -0.39 is 11.9 Å². The zero-order chi connectivity index (χ0) is 20.5. The SMILES string of the molecule is Cc1cc(C)n(-c2ccc(C(=O)N3CCC([C@@H]4OCCC4C(=O)O)CC3)cc2)n1. The predicted molar refractivity (Wildman–Crippen MR) is 107 cm³/mol. The Morgan fingerprint density at radius 3 is 2.38 bits per heavy atom. The molecule has 3 heterocycles. The molecule has 4 rings (SSSR count). The van der Waals surface area contributed by atoms with Gasteiger partial charge in [-0.25, -0.2) is 4.68 Å². The third-order valence-corrected chi connectivity index (χ3v) is 6.11. The van der Waals surface area contributed by atoms with Crippen LogP contribution < -0.4 is 0 Å². The molecule has 2 aliphatic rings. The van der Waals surface area contributed by atoms with Gasteiger partial charge in [0.1, 0.15) is 0 Å². The maximum absolute atomic E-state index is 12.9. The van der Waals surface area contributed by atoms with Gasteiger partial charge in [-0.15, -0.1) is 0 Å². The van der Waals surface area contributed by atoms with Crippen LogP contribution in [0.15, 0.2) is 30.3 Å². The van der Waals surface area contributed by atoms with Gasteiger partial charge in [-0.05, 0) is 69.4 Å². The van der Waals surface area contributed by atoms with Crippen molar-refractivity contribution in [2.24, 2.45) is 11.8 Å². The van der Waals surface area contributed by atoms with E-state index in [0.29, 0.717) is 31.7 Å². The highest BCUT2D eigenvalue weighted by Gasteiger charge is 2.40. The Labute approximate surface area is 170 Å². The number of aromatic nitrogens is 2. The lowest BCUT2D eigenvalue weighted by atomic mass is 9.84. The van der Waals surface area contributed by atoms with Crippen molar-refractivity contribution in [2.75, 3.05) is 19.7 Å². The van der Waals surface area contributed by atoms with E-state index in [4.69, 9.17) is 4.74 Å². The molecule has 1 amide bonds. The molecule has 2 saturated heterocycles. The summed E-state index contributed by atoms with van der Waals surface area (Å²) >= 11 is 0. The van der Waals surface area contributed by atoms with Gasteiger partial charge >= 0.3 is 5.97 Å². The molecule has 2 aromatic rings. The number of ether oxygens (including phenoxy) is 1. The van der Waals surface area contributed by atoms with Crippen LogP contribution in [0.5, 0.6) is 0 Å². The fraction of sp³-hybridized carbons (Fsp3) is 0.500.